The molecule has 1 amide bonds. The van der Waals surface area contributed by atoms with Crippen LogP contribution in [-0.4, -0.2) is 64.9 Å². The molecule has 1 saturated heterocycles. The summed E-state index contributed by atoms with van der Waals surface area (Å²) in [5.74, 6) is 0.0472. The quantitative estimate of drug-likeness (QED) is 0.234. The van der Waals surface area contributed by atoms with Crippen LogP contribution >= 0.6 is 34.2 Å². The summed E-state index contributed by atoms with van der Waals surface area (Å²) < 4.78 is 1.16. The number of nitrogen functional groups attached to an aromatic ring is 1. The predicted octanol–water partition coefficient (Wildman–Crippen LogP) is 3.87. The van der Waals surface area contributed by atoms with Gasteiger partial charge in [0, 0.05) is 49.4 Å². The van der Waals surface area contributed by atoms with E-state index in [1.54, 1.807) is 0 Å². The summed E-state index contributed by atoms with van der Waals surface area (Å²) in [6.07, 6.45) is 0.848. The summed E-state index contributed by atoms with van der Waals surface area (Å²) in [5.41, 5.74) is 8.50. The van der Waals surface area contributed by atoms with Crippen LogP contribution in [0.15, 0.2) is 54.6 Å². The number of nitrogens with zero attached hydrogens (tertiary/aromatic N) is 4. The molecule has 36 heavy (non-hydrogen) atoms. The number of halogens is 2. The molecular formula is C26H31ClIN7O. The van der Waals surface area contributed by atoms with Crippen LogP contribution in [0, 0.1) is 3.57 Å². The third kappa shape index (κ3) is 7.76. The molecular weight excluding hydrogens is 589 g/mol. The summed E-state index contributed by atoms with van der Waals surface area (Å²) in [6, 6.07) is 18.7. The summed E-state index contributed by atoms with van der Waals surface area (Å²) in [6.45, 7) is 7.16. The number of amides is 1. The number of anilines is 2. The molecule has 0 saturated carbocycles. The topological polar surface area (TPSA) is 99.4 Å². The maximum atomic E-state index is 12.6. The van der Waals surface area contributed by atoms with Gasteiger partial charge in [-0.25, -0.2) is 9.97 Å². The van der Waals surface area contributed by atoms with Gasteiger partial charge in [0.15, 0.2) is 22.5 Å². The highest BCUT2D eigenvalue weighted by molar-refractivity contribution is 14.1. The SMILES string of the molecule is Nc1nc(NCc2ccc(I)cc2)c(Cl)nc1C(=O)NCCCN1CCN(Cc2ccccc2)CC1. The molecule has 0 unspecified atom stereocenters. The first-order valence-corrected chi connectivity index (χ1v) is 13.5. The normalized spacial score (nSPS) is 14.5. The molecule has 4 rings (SSSR count). The Morgan fingerprint density at radius 3 is 2.39 bits per heavy atom. The first kappa shape index (κ1) is 26.6. The summed E-state index contributed by atoms with van der Waals surface area (Å²) in [7, 11) is 0. The molecule has 0 aliphatic carbocycles. The summed E-state index contributed by atoms with van der Waals surface area (Å²) in [5, 5.41) is 6.14. The lowest BCUT2D eigenvalue weighted by molar-refractivity contribution is 0.0943. The maximum Gasteiger partial charge on any atom is 0.273 e. The number of benzene rings is 2. The van der Waals surface area contributed by atoms with Crippen LogP contribution in [0.25, 0.3) is 0 Å². The zero-order valence-corrected chi connectivity index (χ0v) is 23.0. The largest absolute Gasteiger partial charge is 0.382 e. The van der Waals surface area contributed by atoms with Crippen molar-refractivity contribution in [3.63, 3.8) is 0 Å². The van der Waals surface area contributed by atoms with Crippen molar-refractivity contribution in [2.75, 3.05) is 50.3 Å². The van der Waals surface area contributed by atoms with Crippen molar-refractivity contribution in [2.45, 2.75) is 19.5 Å². The van der Waals surface area contributed by atoms with Gasteiger partial charge in [-0.05, 0) is 58.8 Å². The number of piperazine rings is 1. The van der Waals surface area contributed by atoms with E-state index < -0.39 is 0 Å². The Balaban J connectivity index is 1.18. The van der Waals surface area contributed by atoms with Gasteiger partial charge in [-0.1, -0.05) is 54.1 Å². The van der Waals surface area contributed by atoms with Gasteiger partial charge in [0.25, 0.3) is 5.91 Å². The Morgan fingerprint density at radius 2 is 1.67 bits per heavy atom. The van der Waals surface area contributed by atoms with Gasteiger partial charge in [0.2, 0.25) is 0 Å². The summed E-state index contributed by atoms with van der Waals surface area (Å²) >= 11 is 8.54. The van der Waals surface area contributed by atoms with Crippen molar-refractivity contribution in [2.24, 2.45) is 0 Å². The first-order valence-electron chi connectivity index (χ1n) is 12.1. The predicted molar refractivity (Wildman–Crippen MR) is 153 cm³/mol. The molecule has 1 fully saturated rings. The van der Waals surface area contributed by atoms with E-state index in [4.69, 9.17) is 17.3 Å². The molecule has 1 aliphatic rings. The van der Waals surface area contributed by atoms with E-state index in [2.05, 4.69) is 83.3 Å². The van der Waals surface area contributed by atoms with Crippen LogP contribution < -0.4 is 16.4 Å². The standard InChI is InChI=1S/C26H31ClIN7O/c27-23-25(31-17-19-7-9-21(28)10-8-19)33-24(29)22(32-23)26(36)30-11-4-12-34-13-15-35(16-14-34)18-20-5-2-1-3-6-20/h1-3,5-10H,4,11-18H2,(H,30,36)(H3,29,31,33). The van der Waals surface area contributed by atoms with Gasteiger partial charge in [-0.2, -0.15) is 0 Å². The molecule has 2 heterocycles. The second kappa shape index (κ2) is 13.2. The van der Waals surface area contributed by atoms with Gasteiger partial charge in [0.05, 0.1) is 0 Å². The van der Waals surface area contributed by atoms with Crippen LogP contribution in [0.3, 0.4) is 0 Å². The smallest absolute Gasteiger partial charge is 0.273 e. The van der Waals surface area contributed by atoms with Crippen LogP contribution in [0.5, 0.6) is 0 Å². The number of carbonyl (C=O) groups excluding carboxylic acids is 1. The Bertz CT molecular complexity index is 1140. The van der Waals surface area contributed by atoms with E-state index in [0.29, 0.717) is 18.9 Å². The maximum absolute atomic E-state index is 12.6. The van der Waals surface area contributed by atoms with Gasteiger partial charge < -0.3 is 21.3 Å². The fourth-order valence-electron chi connectivity index (χ4n) is 4.10. The van der Waals surface area contributed by atoms with Gasteiger partial charge in [-0.15, -0.1) is 0 Å². The second-order valence-corrected chi connectivity index (χ2v) is 10.4. The summed E-state index contributed by atoms with van der Waals surface area (Å²) in [4.78, 5) is 26.0. The second-order valence-electron chi connectivity index (χ2n) is 8.79. The zero-order chi connectivity index (χ0) is 25.3. The lowest BCUT2D eigenvalue weighted by Crippen LogP contribution is -2.46. The Morgan fingerprint density at radius 1 is 0.972 bits per heavy atom. The lowest BCUT2D eigenvalue weighted by atomic mass is 10.2. The van der Waals surface area contributed by atoms with Crippen molar-refractivity contribution in [3.8, 4) is 0 Å². The average Bonchev–Trinajstić information content (AvgIpc) is 2.89. The average molecular weight is 620 g/mol. The van der Waals surface area contributed by atoms with Crippen molar-refractivity contribution in [3.05, 3.63) is 80.1 Å². The monoisotopic (exact) mass is 619 g/mol. The molecule has 0 radical (unpaired) electrons. The number of hydrogen-bond donors (Lipinski definition) is 3. The van der Waals surface area contributed by atoms with E-state index in [1.807, 2.05) is 24.3 Å². The molecule has 1 aromatic heterocycles. The molecule has 4 N–H and O–H groups in total. The molecule has 190 valence electrons. The molecule has 10 heteroatoms. The van der Waals surface area contributed by atoms with Gasteiger partial charge in [-0.3, -0.25) is 9.69 Å². The highest BCUT2D eigenvalue weighted by Crippen LogP contribution is 2.21. The molecule has 0 bridgehead atoms. The Kier molecular flexibility index (Phi) is 9.74. The minimum Gasteiger partial charge on any atom is -0.382 e. The minimum atomic E-state index is -0.362. The number of aromatic nitrogens is 2. The van der Waals surface area contributed by atoms with Crippen molar-refractivity contribution >= 4 is 51.7 Å². The van der Waals surface area contributed by atoms with Crippen molar-refractivity contribution < 1.29 is 4.79 Å². The molecule has 0 spiro atoms. The molecule has 2 aromatic carbocycles. The highest BCUT2D eigenvalue weighted by atomic mass is 127. The van der Waals surface area contributed by atoms with Crippen LogP contribution in [-0.2, 0) is 13.1 Å². The third-order valence-electron chi connectivity index (χ3n) is 6.12. The van der Waals surface area contributed by atoms with Crippen molar-refractivity contribution in [1.29, 1.82) is 0 Å². The minimum absolute atomic E-state index is 0.0503. The number of rotatable bonds is 10. The Hall–Kier alpha value is -2.47. The van der Waals surface area contributed by atoms with E-state index >= 15 is 0 Å². The number of nitrogens with one attached hydrogen (secondary N) is 2. The van der Waals surface area contributed by atoms with Crippen molar-refractivity contribution in [1.82, 2.24) is 25.1 Å². The molecule has 1 aliphatic heterocycles. The van der Waals surface area contributed by atoms with E-state index in [-0.39, 0.29) is 22.6 Å². The number of nitrogens with two attached hydrogens (primary N) is 1. The fraction of sp³-hybridized carbons (Fsp3) is 0.346. The fourth-order valence-corrected chi connectivity index (χ4v) is 4.65. The van der Waals surface area contributed by atoms with Gasteiger partial charge >= 0.3 is 0 Å². The van der Waals surface area contributed by atoms with Crippen LogP contribution in [0.2, 0.25) is 5.15 Å². The Labute approximate surface area is 230 Å². The number of hydrogen-bond acceptors (Lipinski definition) is 7. The van der Waals surface area contributed by atoms with E-state index in [0.717, 1.165) is 54.8 Å². The highest BCUT2D eigenvalue weighted by Gasteiger charge is 2.18. The molecule has 8 nitrogen and oxygen atoms in total. The van der Waals surface area contributed by atoms with Gasteiger partial charge in [0.1, 0.15) is 0 Å². The molecule has 3 aromatic rings. The van der Waals surface area contributed by atoms with Crippen LogP contribution in [0.1, 0.15) is 28.0 Å². The van der Waals surface area contributed by atoms with Crippen LogP contribution in [0.4, 0.5) is 11.6 Å². The van der Waals surface area contributed by atoms with E-state index in [1.165, 1.54) is 5.56 Å². The third-order valence-corrected chi connectivity index (χ3v) is 7.10. The number of carbonyl (C=O) groups is 1. The first-order chi connectivity index (χ1) is 17.5. The lowest BCUT2D eigenvalue weighted by Gasteiger charge is -2.34. The zero-order valence-electron chi connectivity index (χ0n) is 20.1. The molecule has 0 atom stereocenters. The van der Waals surface area contributed by atoms with E-state index in [9.17, 15) is 4.79 Å².